The average molecular weight is 329 g/mol. The Balaban J connectivity index is 1.76. The summed E-state index contributed by atoms with van der Waals surface area (Å²) in [5.41, 5.74) is 2.74. The number of aromatic nitrogens is 1. The van der Waals surface area contributed by atoms with E-state index < -0.39 is 0 Å². The quantitative estimate of drug-likeness (QED) is 0.660. The van der Waals surface area contributed by atoms with Crippen molar-refractivity contribution < 1.29 is 19.2 Å². The van der Waals surface area contributed by atoms with Gasteiger partial charge >= 0.3 is 5.97 Å². The molecule has 24 heavy (non-hydrogen) atoms. The number of H-pyrrole nitrogens is 1. The predicted molar refractivity (Wildman–Crippen MR) is 92.3 cm³/mol. The van der Waals surface area contributed by atoms with Gasteiger partial charge in [0.2, 0.25) is 5.78 Å². The van der Waals surface area contributed by atoms with E-state index in [0.29, 0.717) is 0 Å². The van der Waals surface area contributed by atoms with Crippen molar-refractivity contribution in [3.8, 4) is 0 Å². The molecule has 1 atom stereocenters. The van der Waals surface area contributed by atoms with Crippen molar-refractivity contribution in [2.75, 3.05) is 20.2 Å². The number of rotatable bonds is 4. The molecule has 0 radical (unpaired) electrons. The van der Waals surface area contributed by atoms with Crippen molar-refractivity contribution in [2.24, 2.45) is 5.92 Å². The third-order valence-electron chi connectivity index (χ3n) is 5.31. The molecule has 5 nitrogen and oxygen atoms in total. The predicted octanol–water partition coefficient (Wildman–Crippen LogP) is 1.52. The van der Waals surface area contributed by atoms with E-state index in [1.54, 1.807) is 0 Å². The number of nitrogens with one attached hydrogen (secondary N) is 2. The maximum Gasteiger partial charge on any atom is 0.309 e. The molecule has 0 aliphatic carbocycles. The van der Waals surface area contributed by atoms with Crippen LogP contribution in [0, 0.1) is 12.8 Å². The van der Waals surface area contributed by atoms with Gasteiger partial charge < -0.3 is 14.6 Å². The lowest BCUT2D eigenvalue weighted by molar-refractivity contribution is -0.919. The van der Waals surface area contributed by atoms with Gasteiger partial charge in [0, 0.05) is 29.4 Å². The smallest absolute Gasteiger partial charge is 0.309 e. The largest absolute Gasteiger partial charge is 0.469 e. The van der Waals surface area contributed by atoms with E-state index >= 15 is 0 Å². The molecule has 128 valence electrons. The van der Waals surface area contributed by atoms with E-state index in [-0.39, 0.29) is 23.7 Å². The zero-order chi connectivity index (χ0) is 17.3. The molecular weight excluding hydrogens is 304 g/mol. The highest BCUT2D eigenvalue weighted by Gasteiger charge is 2.34. The van der Waals surface area contributed by atoms with Gasteiger partial charge in [-0.3, -0.25) is 9.59 Å². The highest BCUT2D eigenvalue weighted by molar-refractivity contribution is 6.10. The number of aromatic amines is 1. The minimum atomic E-state index is -0.125. The lowest BCUT2D eigenvalue weighted by Gasteiger charge is -2.31. The first-order chi connectivity index (χ1) is 11.5. The van der Waals surface area contributed by atoms with Gasteiger partial charge in [0.05, 0.1) is 31.7 Å². The number of ether oxygens (including phenoxy) is 1. The molecule has 1 fully saturated rings. The Bertz CT molecular complexity index is 757. The van der Waals surface area contributed by atoms with Gasteiger partial charge in [-0.1, -0.05) is 18.2 Å². The Labute approximate surface area is 142 Å². The summed E-state index contributed by atoms with van der Waals surface area (Å²) in [5.74, 6) is 0.0350. The zero-order valence-corrected chi connectivity index (χ0v) is 14.5. The summed E-state index contributed by atoms with van der Waals surface area (Å²) < 4.78 is 4.84. The summed E-state index contributed by atoms with van der Waals surface area (Å²) in [7, 11) is 1.44. The Hall–Kier alpha value is -2.14. The number of hydrogen-bond acceptors (Lipinski definition) is 3. The molecule has 0 bridgehead atoms. The summed E-state index contributed by atoms with van der Waals surface area (Å²) in [4.78, 5) is 29.3. The summed E-state index contributed by atoms with van der Waals surface area (Å²) >= 11 is 0. The Morgan fingerprint density at radius 1 is 1.25 bits per heavy atom. The molecule has 0 unspecified atom stereocenters. The molecule has 5 heteroatoms. The minimum Gasteiger partial charge on any atom is -0.469 e. The number of aryl methyl sites for hydroxylation is 1. The van der Waals surface area contributed by atoms with Crippen LogP contribution in [0.3, 0.4) is 0 Å². The molecular formula is C19H25N2O3+. The third-order valence-corrected chi connectivity index (χ3v) is 5.31. The lowest BCUT2D eigenvalue weighted by atomic mass is 9.94. The van der Waals surface area contributed by atoms with Gasteiger partial charge in [-0.25, -0.2) is 0 Å². The fourth-order valence-corrected chi connectivity index (χ4v) is 3.82. The van der Waals surface area contributed by atoms with Gasteiger partial charge in [0.1, 0.15) is 6.04 Å². The second kappa shape index (κ2) is 6.77. The fraction of sp³-hybridized carbons (Fsp3) is 0.474. The summed E-state index contributed by atoms with van der Waals surface area (Å²) in [6.07, 6.45) is 1.57. The molecule has 1 aliphatic rings. The first kappa shape index (κ1) is 16.7. The van der Waals surface area contributed by atoms with Gasteiger partial charge in [-0.2, -0.15) is 0 Å². The number of quaternary nitrogens is 1. The summed E-state index contributed by atoms with van der Waals surface area (Å²) in [5, 5.41) is 0.996. The number of ketones is 1. The summed E-state index contributed by atoms with van der Waals surface area (Å²) in [6.45, 7) is 5.61. The Morgan fingerprint density at radius 2 is 1.92 bits per heavy atom. The number of esters is 1. The van der Waals surface area contributed by atoms with E-state index in [2.05, 4.69) is 4.98 Å². The van der Waals surface area contributed by atoms with Crippen LogP contribution < -0.4 is 4.90 Å². The number of carbonyl (C=O) groups is 2. The number of piperidine rings is 1. The Morgan fingerprint density at radius 3 is 2.58 bits per heavy atom. The van der Waals surface area contributed by atoms with Crippen LogP contribution in [0.5, 0.6) is 0 Å². The van der Waals surface area contributed by atoms with Gasteiger partial charge in [-0.05, 0) is 19.9 Å². The molecule has 1 aromatic heterocycles. The van der Waals surface area contributed by atoms with Crippen LogP contribution in [0.4, 0.5) is 0 Å². The van der Waals surface area contributed by atoms with Crippen molar-refractivity contribution in [1.29, 1.82) is 0 Å². The van der Waals surface area contributed by atoms with Crippen molar-refractivity contribution >= 4 is 22.7 Å². The number of methoxy groups -OCH3 is 1. The molecule has 1 aliphatic heterocycles. The minimum absolute atomic E-state index is 0.0177. The summed E-state index contributed by atoms with van der Waals surface area (Å²) in [6, 6.07) is 7.82. The van der Waals surface area contributed by atoms with Crippen molar-refractivity contribution in [3.63, 3.8) is 0 Å². The topological polar surface area (TPSA) is 63.6 Å². The monoisotopic (exact) mass is 329 g/mol. The molecule has 1 saturated heterocycles. The van der Waals surface area contributed by atoms with Gasteiger partial charge in [0.15, 0.2) is 0 Å². The highest BCUT2D eigenvalue weighted by Crippen LogP contribution is 2.23. The second-order valence-corrected chi connectivity index (χ2v) is 6.71. The number of benzene rings is 1. The third kappa shape index (κ3) is 2.96. The number of Topliss-reactive ketones (excluding diaryl/α,β-unsaturated/α-hetero) is 1. The second-order valence-electron chi connectivity index (χ2n) is 6.71. The van der Waals surface area contributed by atoms with E-state index in [9.17, 15) is 9.59 Å². The maximum atomic E-state index is 13.1. The number of likely N-dealkylation sites (tertiary alicyclic amines) is 1. The molecule has 3 rings (SSSR count). The first-order valence-corrected chi connectivity index (χ1v) is 8.56. The SMILES string of the molecule is COC(=O)C1CC[NH+]([C@@H](C)C(=O)c2c(C)[nH]c3ccccc23)CC1. The van der Waals surface area contributed by atoms with E-state index in [0.717, 1.165) is 48.1 Å². The lowest BCUT2D eigenvalue weighted by Crippen LogP contribution is -3.17. The van der Waals surface area contributed by atoms with Gasteiger partial charge in [-0.15, -0.1) is 0 Å². The standard InChI is InChI=1S/C19H24N2O3/c1-12-17(15-6-4-5-7-16(15)20-12)18(22)13(2)21-10-8-14(9-11-21)19(23)24-3/h4-7,13-14,20H,8-11H2,1-3H3/p+1/t13-/m0/s1. The number of fused-ring (bicyclic) bond motifs is 1. The molecule has 2 aromatic rings. The van der Waals surface area contributed by atoms with Gasteiger partial charge in [0.25, 0.3) is 0 Å². The molecule has 0 amide bonds. The number of para-hydroxylation sites is 1. The average Bonchev–Trinajstić information content (AvgIpc) is 2.95. The highest BCUT2D eigenvalue weighted by atomic mass is 16.5. The van der Waals surface area contributed by atoms with Crippen LogP contribution in [-0.4, -0.2) is 43.0 Å². The van der Waals surface area contributed by atoms with Crippen LogP contribution in [-0.2, 0) is 9.53 Å². The van der Waals surface area contributed by atoms with Crippen LogP contribution in [0.2, 0.25) is 0 Å². The first-order valence-electron chi connectivity index (χ1n) is 8.56. The normalized spacial score (nSPS) is 22.3. The van der Waals surface area contributed by atoms with Crippen LogP contribution in [0.1, 0.15) is 35.8 Å². The van der Waals surface area contributed by atoms with Crippen LogP contribution in [0.15, 0.2) is 24.3 Å². The van der Waals surface area contributed by atoms with Crippen LogP contribution in [0.25, 0.3) is 10.9 Å². The zero-order valence-electron chi connectivity index (χ0n) is 14.5. The van der Waals surface area contributed by atoms with E-state index in [4.69, 9.17) is 4.74 Å². The van der Waals surface area contributed by atoms with Crippen molar-refractivity contribution in [3.05, 3.63) is 35.5 Å². The maximum absolute atomic E-state index is 13.1. The fourth-order valence-electron chi connectivity index (χ4n) is 3.82. The number of hydrogen-bond donors (Lipinski definition) is 2. The van der Waals surface area contributed by atoms with E-state index in [1.165, 1.54) is 12.0 Å². The number of carbonyl (C=O) groups excluding carboxylic acids is 2. The molecule has 0 spiro atoms. The van der Waals surface area contributed by atoms with E-state index in [1.807, 2.05) is 38.1 Å². The van der Waals surface area contributed by atoms with Crippen molar-refractivity contribution in [2.45, 2.75) is 32.7 Å². The Kier molecular flexibility index (Phi) is 4.71. The van der Waals surface area contributed by atoms with Crippen LogP contribution >= 0.6 is 0 Å². The molecule has 0 saturated carbocycles. The van der Waals surface area contributed by atoms with Crippen molar-refractivity contribution in [1.82, 2.24) is 4.98 Å². The molecule has 2 heterocycles. The molecule has 1 aromatic carbocycles. The molecule has 2 N–H and O–H groups in total.